The van der Waals surface area contributed by atoms with Crippen LogP contribution in [0.25, 0.3) is 10.8 Å². The average molecular weight is 266 g/mol. The number of rotatable bonds is 3. The van der Waals surface area contributed by atoms with Crippen LogP contribution in [-0.2, 0) is 22.4 Å². The zero-order chi connectivity index (χ0) is 14.1. The Labute approximate surface area is 115 Å². The standard InChI is InChI=1S/C16H13NO3/c18-14(8-9-15(19)20)17-13-7-6-11-5-4-10-2-1-3-12(13)16(10)11/h1-3,6-9H,4-5H2,(H,17,18)(H,19,20)/p-1/b9-8+. The lowest BCUT2D eigenvalue weighted by atomic mass is 10.0. The zero-order valence-corrected chi connectivity index (χ0v) is 10.7. The maximum Gasteiger partial charge on any atom is 0.248 e. The maximum atomic E-state index is 11.7. The fourth-order valence-corrected chi connectivity index (χ4v) is 2.67. The number of carboxylic acid groups (broad SMARTS) is 1. The van der Waals surface area contributed by atoms with Gasteiger partial charge in [0.1, 0.15) is 0 Å². The summed E-state index contributed by atoms with van der Waals surface area (Å²) in [7, 11) is 0. The predicted octanol–water partition coefficient (Wildman–Crippen LogP) is 1.18. The third kappa shape index (κ3) is 2.16. The van der Waals surface area contributed by atoms with Crippen molar-refractivity contribution in [2.45, 2.75) is 12.8 Å². The first-order valence-corrected chi connectivity index (χ1v) is 6.38. The number of carbonyl (C=O) groups is 2. The third-order valence-corrected chi connectivity index (χ3v) is 3.51. The summed E-state index contributed by atoms with van der Waals surface area (Å²) in [6.07, 6.45) is 3.72. The van der Waals surface area contributed by atoms with Gasteiger partial charge in [0.2, 0.25) is 5.91 Å². The van der Waals surface area contributed by atoms with Gasteiger partial charge in [0.05, 0.1) is 5.97 Å². The molecule has 1 aliphatic carbocycles. The Morgan fingerprint density at radius 2 is 1.80 bits per heavy atom. The molecule has 0 radical (unpaired) electrons. The van der Waals surface area contributed by atoms with Gasteiger partial charge in [0, 0.05) is 17.1 Å². The number of hydrogen-bond donors (Lipinski definition) is 1. The second-order valence-electron chi connectivity index (χ2n) is 4.75. The highest BCUT2D eigenvalue weighted by Crippen LogP contribution is 2.34. The van der Waals surface area contributed by atoms with E-state index >= 15 is 0 Å². The van der Waals surface area contributed by atoms with Gasteiger partial charge >= 0.3 is 0 Å². The SMILES string of the molecule is O=C([O-])/C=C/C(=O)Nc1ccc2c3c(cccc13)CC2. The quantitative estimate of drug-likeness (QED) is 0.848. The molecule has 2 aromatic carbocycles. The number of nitrogens with one attached hydrogen (secondary N) is 1. The second kappa shape index (κ2) is 4.81. The number of amides is 1. The molecule has 0 saturated carbocycles. The molecule has 0 atom stereocenters. The van der Waals surface area contributed by atoms with Gasteiger partial charge in [0.15, 0.2) is 0 Å². The molecule has 0 bridgehead atoms. The molecule has 0 spiro atoms. The molecule has 20 heavy (non-hydrogen) atoms. The number of aryl methyl sites for hydroxylation is 2. The molecular weight excluding hydrogens is 254 g/mol. The van der Waals surface area contributed by atoms with Crippen molar-refractivity contribution < 1.29 is 14.7 Å². The molecule has 4 nitrogen and oxygen atoms in total. The van der Waals surface area contributed by atoms with Crippen LogP contribution in [0, 0.1) is 0 Å². The lowest BCUT2D eigenvalue weighted by molar-refractivity contribution is -0.297. The highest BCUT2D eigenvalue weighted by atomic mass is 16.4. The summed E-state index contributed by atoms with van der Waals surface area (Å²) in [5.74, 6) is -1.87. The Bertz CT molecular complexity index is 736. The summed E-state index contributed by atoms with van der Waals surface area (Å²) in [4.78, 5) is 21.9. The monoisotopic (exact) mass is 266 g/mol. The van der Waals surface area contributed by atoms with Crippen LogP contribution in [0.2, 0.25) is 0 Å². The number of benzene rings is 2. The van der Waals surface area contributed by atoms with Crippen LogP contribution >= 0.6 is 0 Å². The summed E-state index contributed by atoms with van der Waals surface area (Å²) in [6, 6.07) is 9.90. The lowest BCUT2D eigenvalue weighted by Gasteiger charge is -2.09. The minimum Gasteiger partial charge on any atom is -0.545 e. The van der Waals surface area contributed by atoms with E-state index in [2.05, 4.69) is 11.4 Å². The van der Waals surface area contributed by atoms with Crippen molar-refractivity contribution in [3.05, 3.63) is 53.6 Å². The van der Waals surface area contributed by atoms with E-state index in [0.717, 1.165) is 30.4 Å². The van der Waals surface area contributed by atoms with E-state index in [-0.39, 0.29) is 0 Å². The summed E-state index contributed by atoms with van der Waals surface area (Å²) in [5.41, 5.74) is 3.28. The number of aliphatic carboxylic acids is 1. The number of hydrogen-bond acceptors (Lipinski definition) is 3. The first-order valence-electron chi connectivity index (χ1n) is 6.38. The van der Waals surface area contributed by atoms with Gasteiger partial charge in [-0.2, -0.15) is 0 Å². The summed E-state index contributed by atoms with van der Waals surface area (Å²) in [5, 5.41) is 15.2. The van der Waals surface area contributed by atoms with Crippen LogP contribution < -0.4 is 10.4 Å². The fraction of sp³-hybridized carbons (Fsp3) is 0.125. The Hall–Kier alpha value is -2.62. The first kappa shape index (κ1) is 12.4. The van der Waals surface area contributed by atoms with Crippen LogP contribution in [0.5, 0.6) is 0 Å². The maximum absolute atomic E-state index is 11.7. The Morgan fingerprint density at radius 3 is 2.55 bits per heavy atom. The van der Waals surface area contributed by atoms with Gasteiger partial charge in [-0.15, -0.1) is 0 Å². The predicted molar refractivity (Wildman–Crippen MR) is 74.1 cm³/mol. The molecule has 3 rings (SSSR count). The Morgan fingerprint density at radius 1 is 1.05 bits per heavy atom. The first-order chi connectivity index (χ1) is 9.65. The number of anilines is 1. The largest absolute Gasteiger partial charge is 0.545 e. The van der Waals surface area contributed by atoms with Crippen molar-refractivity contribution in [1.82, 2.24) is 0 Å². The second-order valence-corrected chi connectivity index (χ2v) is 4.75. The topological polar surface area (TPSA) is 69.2 Å². The molecule has 100 valence electrons. The minimum atomic E-state index is -1.39. The molecule has 2 aromatic rings. The zero-order valence-electron chi connectivity index (χ0n) is 10.7. The molecular formula is C16H12NO3-. The van der Waals surface area contributed by atoms with Gasteiger partial charge in [-0.3, -0.25) is 4.79 Å². The molecule has 1 N–H and O–H groups in total. The lowest BCUT2D eigenvalue weighted by Crippen LogP contribution is -2.20. The summed E-state index contributed by atoms with van der Waals surface area (Å²) in [6.45, 7) is 0. The molecule has 0 aromatic heterocycles. The molecule has 0 heterocycles. The highest BCUT2D eigenvalue weighted by molar-refractivity contribution is 6.09. The Balaban J connectivity index is 1.98. The molecule has 0 unspecified atom stereocenters. The van der Waals surface area contributed by atoms with Gasteiger partial charge < -0.3 is 15.2 Å². The van der Waals surface area contributed by atoms with Gasteiger partial charge in [-0.05, 0) is 41.5 Å². The fourth-order valence-electron chi connectivity index (χ4n) is 2.67. The van der Waals surface area contributed by atoms with Gasteiger partial charge in [0.25, 0.3) is 0 Å². The van der Waals surface area contributed by atoms with Crippen LogP contribution in [0.4, 0.5) is 5.69 Å². The average Bonchev–Trinajstić information content (AvgIpc) is 2.85. The highest BCUT2D eigenvalue weighted by Gasteiger charge is 2.15. The van der Waals surface area contributed by atoms with Crippen molar-refractivity contribution in [3.63, 3.8) is 0 Å². The molecule has 1 aliphatic rings. The third-order valence-electron chi connectivity index (χ3n) is 3.51. The molecule has 0 aliphatic heterocycles. The van der Waals surface area contributed by atoms with Gasteiger partial charge in [-0.25, -0.2) is 0 Å². The van der Waals surface area contributed by atoms with E-state index in [9.17, 15) is 14.7 Å². The minimum absolute atomic E-state index is 0.479. The molecule has 0 fully saturated rings. The van der Waals surface area contributed by atoms with E-state index in [1.165, 1.54) is 16.5 Å². The Kier molecular flexibility index (Phi) is 2.99. The molecule has 1 amide bonds. The van der Waals surface area contributed by atoms with Crippen molar-refractivity contribution in [3.8, 4) is 0 Å². The molecule has 0 saturated heterocycles. The van der Waals surface area contributed by atoms with Crippen LogP contribution in [0.3, 0.4) is 0 Å². The summed E-state index contributed by atoms with van der Waals surface area (Å²) >= 11 is 0. The van der Waals surface area contributed by atoms with E-state index < -0.39 is 11.9 Å². The van der Waals surface area contributed by atoms with E-state index in [1.807, 2.05) is 24.3 Å². The van der Waals surface area contributed by atoms with E-state index in [0.29, 0.717) is 5.69 Å². The normalized spacial score (nSPS) is 13.0. The van der Waals surface area contributed by atoms with E-state index in [1.54, 1.807) is 0 Å². The number of carboxylic acids is 1. The van der Waals surface area contributed by atoms with Crippen molar-refractivity contribution in [2.24, 2.45) is 0 Å². The van der Waals surface area contributed by atoms with Crippen molar-refractivity contribution in [2.75, 3.05) is 5.32 Å². The number of carbonyl (C=O) groups excluding carboxylic acids is 2. The van der Waals surface area contributed by atoms with E-state index in [4.69, 9.17) is 0 Å². The smallest absolute Gasteiger partial charge is 0.248 e. The van der Waals surface area contributed by atoms with Crippen molar-refractivity contribution >= 4 is 28.3 Å². The van der Waals surface area contributed by atoms with Gasteiger partial charge in [-0.1, -0.05) is 24.3 Å². The van der Waals surface area contributed by atoms with Crippen LogP contribution in [0.1, 0.15) is 11.1 Å². The van der Waals surface area contributed by atoms with Crippen LogP contribution in [-0.4, -0.2) is 11.9 Å². The van der Waals surface area contributed by atoms with Crippen molar-refractivity contribution in [1.29, 1.82) is 0 Å². The van der Waals surface area contributed by atoms with Crippen LogP contribution in [0.15, 0.2) is 42.5 Å². The summed E-state index contributed by atoms with van der Waals surface area (Å²) < 4.78 is 0. The molecule has 4 heteroatoms.